The average molecular weight is 214 g/mol. The van der Waals surface area contributed by atoms with Crippen molar-refractivity contribution in [3.8, 4) is 0 Å². The molecule has 1 aliphatic carbocycles. The lowest BCUT2D eigenvalue weighted by molar-refractivity contribution is -0.134. The summed E-state index contributed by atoms with van der Waals surface area (Å²) in [6.45, 7) is 4.41. The van der Waals surface area contributed by atoms with Crippen molar-refractivity contribution in [2.75, 3.05) is 0 Å². The van der Waals surface area contributed by atoms with Crippen LogP contribution in [0.2, 0.25) is 0 Å². The minimum absolute atomic E-state index is 0.121. The maximum absolute atomic E-state index is 12.8. The smallest absolute Gasteiger partial charge is 0.364 e. The normalized spacial score (nSPS) is 28.1. The summed E-state index contributed by atoms with van der Waals surface area (Å²) in [5, 5.41) is 8.41. The van der Waals surface area contributed by atoms with Gasteiger partial charge in [-0.1, -0.05) is 13.8 Å². The molecule has 0 spiro atoms. The van der Waals surface area contributed by atoms with E-state index in [0.717, 1.165) is 31.6 Å². The first-order chi connectivity index (χ1) is 7.00. The number of hydrogen-bond acceptors (Lipinski definition) is 1. The standard InChI is InChI=1S/C12H19FO2/c1-8(2)10-5-3-9(4-6-10)7-11(13)12(14)15/h7-10H,3-6H2,1-2H3,(H,14,15)/b11-7+. The van der Waals surface area contributed by atoms with Gasteiger partial charge >= 0.3 is 5.97 Å². The molecule has 0 amide bonds. The topological polar surface area (TPSA) is 37.3 Å². The Kier molecular flexibility index (Phi) is 4.30. The van der Waals surface area contributed by atoms with E-state index >= 15 is 0 Å². The van der Waals surface area contributed by atoms with E-state index in [-0.39, 0.29) is 5.92 Å². The van der Waals surface area contributed by atoms with Crippen molar-refractivity contribution < 1.29 is 14.3 Å². The molecule has 1 N–H and O–H groups in total. The van der Waals surface area contributed by atoms with Crippen LogP contribution in [0.15, 0.2) is 11.9 Å². The summed E-state index contributed by atoms with van der Waals surface area (Å²) < 4.78 is 12.8. The molecule has 0 aliphatic heterocycles. The Morgan fingerprint density at radius 1 is 1.33 bits per heavy atom. The molecule has 0 unspecified atom stereocenters. The van der Waals surface area contributed by atoms with E-state index in [9.17, 15) is 9.18 Å². The number of carboxylic acid groups (broad SMARTS) is 1. The van der Waals surface area contributed by atoms with Gasteiger partial charge in [0.2, 0.25) is 5.83 Å². The van der Waals surface area contributed by atoms with Crippen molar-refractivity contribution in [2.45, 2.75) is 39.5 Å². The van der Waals surface area contributed by atoms with Crippen molar-refractivity contribution >= 4 is 5.97 Å². The van der Waals surface area contributed by atoms with Gasteiger partial charge in [-0.25, -0.2) is 4.79 Å². The van der Waals surface area contributed by atoms with Crippen molar-refractivity contribution in [3.63, 3.8) is 0 Å². The maximum atomic E-state index is 12.8. The van der Waals surface area contributed by atoms with Crippen molar-refractivity contribution in [1.29, 1.82) is 0 Å². The molecule has 1 aliphatic rings. The summed E-state index contributed by atoms with van der Waals surface area (Å²) in [5.74, 6) is -0.915. The van der Waals surface area contributed by atoms with Crippen LogP contribution >= 0.6 is 0 Å². The minimum atomic E-state index is -1.44. The van der Waals surface area contributed by atoms with Crippen LogP contribution in [0.3, 0.4) is 0 Å². The van der Waals surface area contributed by atoms with E-state index in [1.165, 1.54) is 6.08 Å². The summed E-state index contributed by atoms with van der Waals surface area (Å²) in [4.78, 5) is 10.3. The summed E-state index contributed by atoms with van der Waals surface area (Å²) >= 11 is 0. The third kappa shape index (κ3) is 3.65. The van der Waals surface area contributed by atoms with Crippen LogP contribution in [0.1, 0.15) is 39.5 Å². The number of carbonyl (C=O) groups is 1. The lowest BCUT2D eigenvalue weighted by Gasteiger charge is -2.29. The third-order valence-electron chi connectivity index (χ3n) is 3.35. The monoisotopic (exact) mass is 214 g/mol. The first kappa shape index (κ1) is 12.2. The van der Waals surface area contributed by atoms with Crippen LogP contribution in [0.25, 0.3) is 0 Å². The fourth-order valence-electron chi connectivity index (χ4n) is 2.26. The lowest BCUT2D eigenvalue weighted by atomic mass is 9.77. The van der Waals surface area contributed by atoms with Crippen molar-refractivity contribution in [2.24, 2.45) is 17.8 Å². The van der Waals surface area contributed by atoms with Crippen molar-refractivity contribution in [3.05, 3.63) is 11.9 Å². The molecule has 0 aromatic rings. The fourth-order valence-corrected chi connectivity index (χ4v) is 2.26. The second-order valence-corrected chi connectivity index (χ2v) is 4.74. The van der Waals surface area contributed by atoms with E-state index in [0.29, 0.717) is 5.92 Å². The number of halogens is 1. The Labute approximate surface area is 90.2 Å². The molecule has 86 valence electrons. The van der Waals surface area contributed by atoms with Gasteiger partial charge in [0.1, 0.15) is 0 Å². The molecule has 0 radical (unpaired) electrons. The van der Waals surface area contributed by atoms with E-state index in [1.807, 2.05) is 0 Å². The number of aliphatic carboxylic acids is 1. The zero-order valence-electron chi connectivity index (χ0n) is 9.37. The Morgan fingerprint density at radius 3 is 2.27 bits per heavy atom. The molecule has 0 bridgehead atoms. The van der Waals surface area contributed by atoms with Gasteiger partial charge in [-0.15, -0.1) is 0 Å². The van der Waals surface area contributed by atoms with Gasteiger partial charge in [-0.2, -0.15) is 4.39 Å². The molecule has 0 aromatic carbocycles. The van der Waals surface area contributed by atoms with Gasteiger partial charge in [-0.3, -0.25) is 0 Å². The second kappa shape index (κ2) is 5.29. The molecule has 1 saturated carbocycles. The molecule has 0 heterocycles. The molecule has 3 heteroatoms. The first-order valence-electron chi connectivity index (χ1n) is 5.61. The zero-order valence-corrected chi connectivity index (χ0v) is 9.37. The third-order valence-corrected chi connectivity index (χ3v) is 3.35. The zero-order chi connectivity index (χ0) is 11.4. The molecule has 15 heavy (non-hydrogen) atoms. The highest BCUT2D eigenvalue weighted by molar-refractivity contribution is 5.83. The second-order valence-electron chi connectivity index (χ2n) is 4.74. The highest BCUT2D eigenvalue weighted by atomic mass is 19.1. The maximum Gasteiger partial charge on any atom is 0.364 e. The summed E-state index contributed by atoms with van der Waals surface area (Å²) in [7, 11) is 0. The molecule has 2 nitrogen and oxygen atoms in total. The Balaban J connectivity index is 2.44. The van der Waals surface area contributed by atoms with Crippen LogP contribution < -0.4 is 0 Å². The number of allylic oxidation sites excluding steroid dienone is 1. The highest BCUT2D eigenvalue weighted by Crippen LogP contribution is 2.34. The van der Waals surface area contributed by atoms with E-state index < -0.39 is 11.8 Å². The van der Waals surface area contributed by atoms with Gasteiger partial charge in [0.25, 0.3) is 0 Å². The van der Waals surface area contributed by atoms with Crippen LogP contribution in [-0.4, -0.2) is 11.1 Å². The molecule has 0 aromatic heterocycles. The largest absolute Gasteiger partial charge is 0.476 e. The van der Waals surface area contributed by atoms with E-state index in [2.05, 4.69) is 13.8 Å². The van der Waals surface area contributed by atoms with Gasteiger partial charge in [-0.05, 0) is 49.5 Å². The molecular formula is C12H19FO2. The van der Waals surface area contributed by atoms with Gasteiger partial charge in [0.15, 0.2) is 0 Å². The van der Waals surface area contributed by atoms with Gasteiger partial charge in [0.05, 0.1) is 0 Å². The quantitative estimate of drug-likeness (QED) is 0.731. The van der Waals surface area contributed by atoms with Crippen molar-refractivity contribution in [1.82, 2.24) is 0 Å². The molecular weight excluding hydrogens is 195 g/mol. The van der Waals surface area contributed by atoms with E-state index in [4.69, 9.17) is 5.11 Å². The van der Waals surface area contributed by atoms with Gasteiger partial charge in [0, 0.05) is 0 Å². The fraction of sp³-hybridized carbons (Fsp3) is 0.750. The first-order valence-corrected chi connectivity index (χ1v) is 5.61. The number of carboxylic acids is 1. The Bertz CT molecular complexity index is 250. The summed E-state index contributed by atoms with van der Waals surface area (Å²) in [5.41, 5.74) is 0. The molecule has 0 saturated heterocycles. The van der Waals surface area contributed by atoms with Crippen LogP contribution in [-0.2, 0) is 4.79 Å². The Hall–Kier alpha value is -0.860. The molecule has 1 fully saturated rings. The average Bonchev–Trinajstić information content (AvgIpc) is 2.18. The Morgan fingerprint density at radius 2 is 1.87 bits per heavy atom. The number of rotatable bonds is 3. The predicted molar refractivity (Wildman–Crippen MR) is 57.1 cm³/mol. The predicted octanol–water partition coefficient (Wildman–Crippen LogP) is 3.39. The van der Waals surface area contributed by atoms with Crippen LogP contribution in [0.4, 0.5) is 4.39 Å². The highest BCUT2D eigenvalue weighted by Gasteiger charge is 2.23. The number of hydrogen-bond donors (Lipinski definition) is 1. The van der Waals surface area contributed by atoms with E-state index in [1.54, 1.807) is 0 Å². The van der Waals surface area contributed by atoms with Crippen LogP contribution in [0.5, 0.6) is 0 Å². The lowest BCUT2D eigenvalue weighted by Crippen LogP contribution is -2.18. The summed E-state index contributed by atoms with van der Waals surface area (Å²) in [6.07, 6.45) is 5.30. The molecule has 1 rings (SSSR count). The van der Waals surface area contributed by atoms with Gasteiger partial charge < -0.3 is 5.11 Å². The summed E-state index contributed by atoms with van der Waals surface area (Å²) in [6, 6.07) is 0. The SMILES string of the molecule is CC(C)C1CCC(/C=C(/F)C(=O)O)CC1. The van der Waals surface area contributed by atoms with Crippen LogP contribution in [0, 0.1) is 17.8 Å². The minimum Gasteiger partial charge on any atom is -0.476 e. The molecule has 0 atom stereocenters.